The fraction of sp³-hybridized carbons (Fsp3) is 0.160. The molecule has 0 saturated carbocycles. The van der Waals surface area contributed by atoms with Gasteiger partial charge in [-0.1, -0.05) is 41.6 Å². The first kappa shape index (κ1) is 22.3. The number of carbonyl (C=O) groups is 1. The molecule has 3 aromatic carbocycles. The van der Waals surface area contributed by atoms with Crippen molar-refractivity contribution in [1.29, 1.82) is 0 Å². The predicted octanol–water partition coefficient (Wildman–Crippen LogP) is 4.85. The third-order valence-corrected chi connectivity index (χ3v) is 6.73. The molecule has 0 spiro atoms. The van der Waals surface area contributed by atoms with Crippen LogP contribution in [-0.2, 0) is 4.79 Å². The number of nitrogens with one attached hydrogen (secondary N) is 1. The van der Waals surface area contributed by atoms with Crippen LogP contribution in [0.25, 0.3) is 16.6 Å². The monoisotopic (exact) mass is 493 g/mol. The quantitative estimate of drug-likeness (QED) is 0.316. The molecule has 4 aromatic rings. The molecule has 1 amide bonds. The highest BCUT2D eigenvalue weighted by molar-refractivity contribution is 7.99. The number of aromatic nitrogens is 2. The van der Waals surface area contributed by atoms with E-state index in [2.05, 4.69) is 10.3 Å². The molecule has 0 radical (unpaired) electrons. The summed E-state index contributed by atoms with van der Waals surface area (Å²) >= 11 is 7.51. The molecule has 0 fully saturated rings. The Morgan fingerprint density at radius 1 is 1.09 bits per heavy atom. The number of carbonyl (C=O) groups excluding carboxylic acids is 1. The lowest BCUT2D eigenvalue weighted by Gasteiger charge is -2.19. The van der Waals surface area contributed by atoms with Crippen LogP contribution in [0.15, 0.2) is 70.6 Å². The zero-order chi connectivity index (χ0) is 23.7. The molecular weight excluding hydrogens is 474 g/mol. The van der Waals surface area contributed by atoms with E-state index in [1.165, 1.54) is 16.3 Å². The van der Waals surface area contributed by atoms with Crippen molar-refractivity contribution in [2.75, 3.05) is 24.3 Å². The van der Waals surface area contributed by atoms with Crippen molar-refractivity contribution in [2.24, 2.45) is 0 Å². The number of ether oxygens (including phenoxy) is 2. The summed E-state index contributed by atoms with van der Waals surface area (Å²) in [4.78, 5) is 30.8. The van der Waals surface area contributed by atoms with E-state index in [9.17, 15) is 9.59 Å². The van der Waals surface area contributed by atoms with Gasteiger partial charge >= 0.3 is 0 Å². The first-order valence-electron chi connectivity index (χ1n) is 10.6. The third kappa shape index (κ3) is 4.34. The minimum atomic E-state index is -0.238. The highest BCUT2D eigenvalue weighted by Gasteiger charge is 2.18. The molecule has 1 aliphatic heterocycles. The molecule has 1 aromatic heterocycles. The highest BCUT2D eigenvalue weighted by atomic mass is 35.5. The maximum atomic E-state index is 13.4. The van der Waals surface area contributed by atoms with Gasteiger partial charge in [-0.2, -0.15) is 0 Å². The average Bonchev–Trinajstić information content (AvgIpc) is 2.85. The molecule has 0 bridgehead atoms. The van der Waals surface area contributed by atoms with E-state index in [1.54, 1.807) is 48.5 Å². The van der Waals surface area contributed by atoms with Crippen LogP contribution in [0.1, 0.15) is 5.56 Å². The van der Waals surface area contributed by atoms with Crippen molar-refractivity contribution in [3.8, 4) is 17.2 Å². The van der Waals surface area contributed by atoms with Crippen LogP contribution < -0.4 is 20.3 Å². The Kier molecular flexibility index (Phi) is 6.17. The van der Waals surface area contributed by atoms with Gasteiger partial charge in [0.2, 0.25) is 5.91 Å². The van der Waals surface area contributed by atoms with Crippen molar-refractivity contribution in [2.45, 2.75) is 12.1 Å². The summed E-state index contributed by atoms with van der Waals surface area (Å²) in [5.41, 5.74) is 2.34. The van der Waals surface area contributed by atoms with E-state index in [0.717, 1.165) is 5.56 Å². The highest BCUT2D eigenvalue weighted by Crippen LogP contribution is 2.33. The summed E-state index contributed by atoms with van der Waals surface area (Å²) < 4.78 is 12.6. The number of fused-ring (bicyclic) bond motifs is 2. The van der Waals surface area contributed by atoms with Gasteiger partial charge in [0.05, 0.1) is 22.3 Å². The SMILES string of the molecule is Cc1c(Cl)cccc1-n1c(SCC(=O)Nc2ccc3c(c2)OCCO3)nc2ccccc2c1=O. The minimum absolute atomic E-state index is 0.0544. The van der Waals surface area contributed by atoms with Gasteiger partial charge in [-0.05, 0) is 48.9 Å². The second-order valence-electron chi connectivity index (χ2n) is 7.63. The molecule has 0 aliphatic carbocycles. The van der Waals surface area contributed by atoms with Gasteiger partial charge in [-0.15, -0.1) is 0 Å². The molecule has 0 atom stereocenters. The van der Waals surface area contributed by atoms with Crippen LogP contribution in [-0.4, -0.2) is 34.4 Å². The summed E-state index contributed by atoms with van der Waals surface area (Å²) in [7, 11) is 0. The smallest absolute Gasteiger partial charge is 0.266 e. The van der Waals surface area contributed by atoms with Gasteiger partial charge in [-0.25, -0.2) is 4.98 Å². The van der Waals surface area contributed by atoms with E-state index in [0.29, 0.717) is 57.2 Å². The number of halogens is 1. The first-order valence-corrected chi connectivity index (χ1v) is 12.0. The molecule has 34 heavy (non-hydrogen) atoms. The Morgan fingerprint density at radius 3 is 2.74 bits per heavy atom. The first-order chi connectivity index (χ1) is 16.5. The number of rotatable bonds is 5. The lowest BCUT2D eigenvalue weighted by atomic mass is 10.2. The molecule has 172 valence electrons. The van der Waals surface area contributed by atoms with Crippen molar-refractivity contribution in [3.63, 3.8) is 0 Å². The Labute approximate surface area is 204 Å². The van der Waals surface area contributed by atoms with Gasteiger partial charge in [0, 0.05) is 16.8 Å². The van der Waals surface area contributed by atoms with Crippen LogP contribution >= 0.6 is 23.4 Å². The molecule has 9 heteroatoms. The largest absolute Gasteiger partial charge is 0.486 e. The van der Waals surface area contributed by atoms with Crippen molar-refractivity contribution >= 4 is 45.9 Å². The van der Waals surface area contributed by atoms with E-state index >= 15 is 0 Å². The number of hydrogen-bond donors (Lipinski definition) is 1. The summed E-state index contributed by atoms with van der Waals surface area (Å²) in [5.74, 6) is 1.07. The second-order valence-corrected chi connectivity index (χ2v) is 8.98. The summed E-state index contributed by atoms with van der Waals surface area (Å²) in [6.07, 6.45) is 0. The van der Waals surface area contributed by atoms with E-state index in [1.807, 2.05) is 19.1 Å². The van der Waals surface area contributed by atoms with Crippen LogP contribution in [0.4, 0.5) is 5.69 Å². The van der Waals surface area contributed by atoms with Crippen LogP contribution in [0.5, 0.6) is 11.5 Å². The van der Waals surface area contributed by atoms with Crippen molar-refractivity contribution in [3.05, 3.63) is 81.6 Å². The third-order valence-electron chi connectivity index (χ3n) is 5.38. The molecule has 5 rings (SSSR count). The molecule has 2 heterocycles. The number of para-hydroxylation sites is 1. The summed E-state index contributed by atoms with van der Waals surface area (Å²) in [5, 5.41) is 4.31. The fourth-order valence-corrected chi connectivity index (χ4v) is 4.68. The number of benzene rings is 3. The number of amides is 1. The maximum Gasteiger partial charge on any atom is 0.266 e. The van der Waals surface area contributed by atoms with E-state index < -0.39 is 0 Å². The van der Waals surface area contributed by atoms with E-state index in [4.69, 9.17) is 21.1 Å². The number of thioether (sulfide) groups is 1. The minimum Gasteiger partial charge on any atom is -0.486 e. The van der Waals surface area contributed by atoms with Crippen molar-refractivity contribution in [1.82, 2.24) is 9.55 Å². The number of nitrogens with zero attached hydrogens (tertiary/aromatic N) is 2. The Balaban J connectivity index is 1.44. The molecule has 1 aliphatic rings. The molecule has 1 N–H and O–H groups in total. The van der Waals surface area contributed by atoms with Gasteiger partial charge in [0.15, 0.2) is 16.7 Å². The molecular formula is C25H20ClN3O4S. The average molecular weight is 494 g/mol. The number of anilines is 1. The molecule has 0 saturated heterocycles. The topological polar surface area (TPSA) is 82.5 Å². The standard InChI is InChI=1S/C25H20ClN3O4S/c1-15-18(26)6-4-8-20(15)29-24(31)17-5-2-3-7-19(17)28-25(29)34-14-23(30)27-16-9-10-21-22(13-16)33-12-11-32-21/h2-10,13H,11-12,14H2,1H3,(H,27,30). The van der Waals surface area contributed by atoms with Crippen molar-refractivity contribution < 1.29 is 14.3 Å². The Morgan fingerprint density at radius 2 is 1.88 bits per heavy atom. The Bertz CT molecular complexity index is 1470. The predicted molar refractivity (Wildman–Crippen MR) is 134 cm³/mol. The van der Waals surface area contributed by atoms with Crippen LogP contribution in [0.2, 0.25) is 5.02 Å². The van der Waals surface area contributed by atoms with E-state index in [-0.39, 0.29) is 17.2 Å². The van der Waals surface area contributed by atoms with Crippen LogP contribution in [0.3, 0.4) is 0 Å². The molecule has 7 nitrogen and oxygen atoms in total. The Hall–Kier alpha value is -3.49. The molecule has 0 unspecified atom stereocenters. The second kappa shape index (κ2) is 9.40. The number of hydrogen-bond acceptors (Lipinski definition) is 6. The van der Waals surface area contributed by atoms with Gasteiger partial charge in [-0.3, -0.25) is 14.2 Å². The van der Waals surface area contributed by atoms with Gasteiger partial charge in [0.1, 0.15) is 13.2 Å². The fourth-order valence-electron chi connectivity index (χ4n) is 3.71. The maximum absolute atomic E-state index is 13.4. The lowest BCUT2D eigenvalue weighted by Crippen LogP contribution is -2.23. The normalized spacial score (nSPS) is 12.5. The lowest BCUT2D eigenvalue weighted by molar-refractivity contribution is -0.113. The van der Waals surface area contributed by atoms with Gasteiger partial charge in [0.25, 0.3) is 5.56 Å². The summed E-state index contributed by atoms with van der Waals surface area (Å²) in [6, 6.07) is 17.8. The zero-order valence-corrected chi connectivity index (χ0v) is 19.8. The van der Waals surface area contributed by atoms with Crippen LogP contribution in [0, 0.1) is 6.92 Å². The summed E-state index contributed by atoms with van der Waals surface area (Å²) in [6.45, 7) is 2.82. The van der Waals surface area contributed by atoms with Gasteiger partial charge < -0.3 is 14.8 Å². The zero-order valence-electron chi connectivity index (χ0n) is 18.2.